The van der Waals surface area contributed by atoms with Crippen LogP contribution in [-0.2, 0) is 14.8 Å². The number of rotatable bonds is 5. The molecule has 0 aliphatic heterocycles. The van der Waals surface area contributed by atoms with Gasteiger partial charge >= 0.3 is 0 Å². The molecule has 0 bridgehead atoms. The maximum Gasteiger partial charge on any atom is 0.228 e. The Morgan fingerprint density at radius 1 is 1.37 bits per heavy atom. The smallest absolute Gasteiger partial charge is 0.228 e. The van der Waals surface area contributed by atoms with Crippen molar-refractivity contribution in [2.75, 3.05) is 12.3 Å². The molecule has 104 valence electrons. The highest BCUT2D eigenvalue weighted by molar-refractivity contribution is 9.10. The normalized spacial score (nSPS) is 17.2. The quantitative estimate of drug-likeness (QED) is 0.835. The largest absolute Gasteiger partial charge is 0.369 e. The maximum atomic E-state index is 13.0. The molecule has 0 atom stereocenters. The van der Waals surface area contributed by atoms with Crippen LogP contribution in [0.5, 0.6) is 0 Å². The molecule has 19 heavy (non-hydrogen) atoms. The average molecular weight is 344 g/mol. The molecule has 1 aromatic rings. The van der Waals surface area contributed by atoms with Crippen LogP contribution in [-0.4, -0.2) is 18.2 Å². The van der Waals surface area contributed by atoms with Crippen LogP contribution >= 0.6 is 23.1 Å². The molecule has 2 rings (SSSR count). The van der Waals surface area contributed by atoms with Gasteiger partial charge in [-0.25, -0.2) is 0 Å². The lowest BCUT2D eigenvalue weighted by Gasteiger charge is -2.23. The number of carbonyl (C=O) groups excluding carboxylic acids is 1. The van der Waals surface area contributed by atoms with Crippen molar-refractivity contribution < 1.29 is 9.36 Å². The van der Waals surface area contributed by atoms with Crippen LogP contribution in [0.1, 0.15) is 32.3 Å². The van der Waals surface area contributed by atoms with Gasteiger partial charge in [0.05, 0.1) is 5.41 Å². The van der Waals surface area contributed by atoms with Crippen molar-refractivity contribution >= 4 is 34.3 Å². The predicted octanol–water partition coefficient (Wildman–Crippen LogP) is 2.99. The van der Waals surface area contributed by atoms with Crippen LogP contribution in [0.3, 0.4) is 0 Å². The average Bonchev–Trinajstić information content (AvgIpc) is 3.19. The van der Waals surface area contributed by atoms with E-state index in [2.05, 4.69) is 15.9 Å². The van der Waals surface area contributed by atoms with Crippen molar-refractivity contribution in [2.24, 2.45) is 5.73 Å². The minimum atomic E-state index is -2.42. The summed E-state index contributed by atoms with van der Waals surface area (Å²) in [6, 6.07) is 5.72. The highest BCUT2D eigenvalue weighted by Crippen LogP contribution is 2.53. The molecule has 1 fully saturated rings. The minimum Gasteiger partial charge on any atom is -0.369 e. The Morgan fingerprint density at radius 2 is 1.95 bits per heavy atom. The number of nitrogens with two attached hydrogens (primary N) is 1. The first kappa shape index (κ1) is 14.8. The first-order chi connectivity index (χ1) is 8.89. The van der Waals surface area contributed by atoms with Crippen LogP contribution in [0.2, 0.25) is 0 Å². The van der Waals surface area contributed by atoms with E-state index < -0.39 is 12.6 Å². The van der Waals surface area contributed by atoms with Gasteiger partial charge < -0.3 is 10.3 Å². The van der Waals surface area contributed by atoms with E-state index in [1.54, 1.807) is 0 Å². The Labute approximate surface area is 122 Å². The Kier molecular flexibility index (Phi) is 3.95. The first-order valence-electron chi connectivity index (χ1n) is 6.58. The van der Waals surface area contributed by atoms with E-state index >= 15 is 0 Å². The maximum absolute atomic E-state index is 13.0. The monoisotopic (exact) mass is 343 g/mol. The zero-order chi connectivity index (χ0) is 14.3. The van der Waals surface area contributed by atoms with Gasteiger partial charge in [-0.05, 0) is 30.5 Å². The standard InChI is InChI=1S/C14H19BrNO2P/c1-3-19(18,4-2)12-6-5-10(15)9-11(12)14(7-8-14)13(16)17/h5-6,9H,3-4,7-8H2,1-2H3,(H2,16,17). The van der Waals surface area contributed by atoms with Crippen molar-refractivity contribution in [1.82, 2.24) is 0 Å². The van der Waals surface area contributed by atoms with Gasteiger partial charge in [0.15, 0.2) is 0 Å². The summed E-state index contributed by atoms with van der Waals surface area (Å²) >= 11 is 3.43. The molecule has 0 aromatic heterocycles. The minimum absolute atomic E-state index is 0.300. The molecule has 1 aromatic carbocycles. The number of amides is 1. The number of hydrogen-bond donors (Lipinski definition) is 1. The van der Waals surface area contributed by atoms with E-state index in [1.807, 2.05) is 32.0 Å². The Bertz CT molecular complexity index is 559. The molecule has 5 heteroatoms. The van der Waals surface area contributed by atoms with E-state index in [9.17, 15) is 9.36 Å². The number of hydrogen-bond acceptors (Lipinski definition) is 2. The Morgan fingerprint density at radius 3 is 2.37 bits per heavy atom. The number of primary amides is 1. The van der Waals surface area contributed by atoms with Gasteiger partial charge in [0.1, 0.15) is 7.14 Å². The van der Waals surface area contributed by atoms with Crippen molar-refractivity contribution in [3.63, 3.8) is 0 Å². The Balaban J connectivity index is 2.64. The van der Waals surface area contributed by atoms with E-state index in [0.717, 1.165) is 28.2 Å². The van der Waals surface area contributed by atoms with E-state index in [1.165, 1.54) is 0 Å². The van der Waals surface area contributed by atoms with E-state index in [-0.39, 0.29) is 5.91 Å². The third kappa shape index (κ3) is 2.41. The molecule has 1 aliphatic carbocycles. The summed E-state index contributed by atoms with van der Waals surface area (Å²) in [7, 11) is -2.42. The van der Waals surface area contributed by atoms with E-state index in [4.69, 9.17) is 5.73 Å². The fourth-order valence-corrected chi connectivity index (χ4v) is 5.14. The first-order valence-corrected chi connectivity index (χ1v) is 9.45. The van der Waals surface area contributed by atoms with Crippen LogP contribution in [0.15, 0.2) is 22.7 Å². The van der Waals surface area contributed by atoms with Crippen LogP contribution < -0.4 is 11.0 Å². The molecule has 0 unspecified atom stereocenters. The second kappa shape index (κ2) is 5.06. The molecular formula is C14H19BrNO2P. The van der Waals surface area contributed by atoms with Gasteiger partial charge in [0.25, 0.3) is 0 Å². The number of carbonyl (C=O) groups is 1. The van der Waals surface area contributed by atoms with Gasteiger partial charge in [-0.2, -0.15) is 0 Å². The van der Waals surface area contributed by atoms with Crippen LogP contribution in [0.4, 0.5) is 0 Å². The molecule has 0 saturated heterocycles. The highest BCUT2D eigenvalue weighted by Gasteiger charge is 2.52. The van der Waals surface area contributed by atoms with Crippen molar-refractivity contribution in [3.05, 3.63) is 28.2 Å². The Hall–Kier alpha value is -0.600. The molecule has 0 spiro atoms. The fraction of sp³-hybridized carbons (Fsp3) is 0.500. The summed E-state index contributed by atoms with van der Waals surface area (Å²) < 4.78 is 13.9. The summed E-state index contributed by atoms with van der Waals surface area (Å²) in [4.78, 5) is 11.8. The summed E-state index contributed by atoms with van der Waals surface area (Å²) in [5.41, 5.74) is 5.86. The van der Waals surface area contributed by atoms with Gasteiger partial charge in [-0.1, -0.05) is 35.8 Å². The van der Waals surface area contributed by atoms with E-state index in [0.29, 0.717) is 12.3 Å². The summed E-state index contributed by atoms with van der Waals surface area (Å²) in [5, 5.41) is 0.844. The molecule has 0 radical (unpaired) electrons. The summed E-state index contributed by atoms with van der Waals surface area (Å²) in [6.45, 7) is 3.89. The van der Waals surface area contributed by atoms with Gasteiger partial charge in [-0.3, -0.25) is 4.79 Å². The fourth-order valence-electron chi connectivity index (χ4n) is 2.58. The number of halogens is 1. The SMILES string of the molecule is CCP(=O)(CC)c1ccc(Br)cc1C1(C(N)=O)CC1. The third-order valence-corrected chi connectivity index (χ3v) is 7.96. The van der Waals surface area contributed by atoms with Crippen LogP contribution in [0, 0.1) is 0 Å². The summed E-state index contributed by atoms with van der Waals surface area (Å²) in [5.74, 6) is -0.300. The van der Waals surface area contributed by atoms with Crippen molar-refractivity contribution in [3.8, 4) is 0 Å². The van der Waals surface area contributed by atoms with Gasteiger partial charge in [0, 0.05) is 22.1 Å². The van der Waals surface area contributed by atoms with Crippen LogP contribution in [0.25, 0.3) is 0 Å². The zero-order valence-electron chi connectivity index (χ0n) is 11.3. The second-order valence-electron chi connectivity index (χ2n) is 5.13. The molecule has 1 amide bonds. The zero-order valence-corrected chi connectivity index (χ0v) is 13.8. The second-order valence-corrected chi connectivity index (χ2v) is 9.57. The lowest BCUT2D eigenvalue weighted by Crippen LogP contribution is -2.33. The molecule has 1 saturated carbocycles. The van der Waals surface area contributed by atoms with Crippen molar-refractivity contribution in [2.45, 2.75) is 32.1 Å². The van der Waals surface area contributed by atoms with Gasteiger partial charge in [-0.15, -0.1) is 0 Å². The predicted molar refractivity (Wildman–Crippen MR) is 82.6 cm³/mol. The molecular weight excluding hydrogens is 325 g/mol. The molecule has 1 aliphatic rings. The number of benzene rings is 1. The third-order valence-electron chi connectivity index (χ3n) is 4.16. The molecule has 2 N–H and O–H groups in total. The highest BCUT2D eigenvalue weighted by atomic mass is 79.9. The molecule has 3 nitrogen and oxygen atoms in total. The molecule has 0 heterocycles. The topological polar surface area (TPSA) is 60.2 Å². The lowest BCUT2D eigenvalue weighted by molar-refractivity contribution is -0.120. The van der Waals surface area contributed by atoms with Gasteiger partial charge in [0.2, 0.25) is 5.91 Å². The van der Waals surface area contributed by atoms with Crippen molar-refractivity contribution in [1.29, 1.82) is 0 Å². The lowest BCUT2D eigenvalue weighted by atomic mass is 9.95. The summed E-state index contributed by atoms with van der Waals surface area (Å²) in [6.07, 6.45) is 2.76.